The molecule has 1 nitrogen and oxygen atoms in total. The minimum atomic E-state index is 1.00. The molecule has 0 amide bonds. The van der Waals surface area contributed by atoms with Gasteiger partial charge in [0, 0.05) is 7.11 Å². The minimum absolute atomic E-state index is 1.00. The Labute approximate surface area is 89.8 Å². The highest BCUT2D eigenvalue weighted by Crippen LogP contribution is 2.02. The summed E-state index contributed by atoms with van der Waals surface area (Å²) in [5.41, 5.74) is 2.74. The number of aliphatic hydroxyl groups excluding tert-OH is 1. The zero-order chi connectivity index (χ0) is 12.0. The molecule has 0 aliphatic carbocycles. The molecule has 1 N–H and O–H groups in total. The van der Waals surface area contributed by atoms with Gasteiger partial charge in [-0.2, -0.15) is 0 Å². The number of aliphatic hydroxyl groups is 1. The lowest BCUT2D eigenvalue weighted by Gasteiger charge is -1.93. The first-order valence-electron chi connectivity index (χ1n) is 5.27. The predicted molar refractivity (Wildman–Crippen MR) is 66.8 cm³/mol. The normalized spacial score (nSPS) is 6.57. The Hall–Kier alpha value is -0.820. The maximum Gasteiger partial charge on any atom is 0.0319 e. The second-order valence-electron chi connectivity index (χ2n) is 2.08. The summed E-state index contributed by atoms with van der Waals surface area (Å²) in [7, 11) is 1.00. The van der Waals surface area contributed by atoms with Crippen LogP contribution in [0.2, 0.25) is 0 Å². The highest BCUT2D eigenvalue weighted by molar-refractivity contribution is 5.23. The fraction of sp³-hybridized carbons (Fsp3) is 0.538. The van der Waals surface area contributed by atoms with E-state index in [0.29, 0.717) is 0 Å². The van der Waals surface area contributed by atoms with Gasteiger partial charge in [-0.15, -0.1) is 0 Å². The molecule has 0 fully saturated rings. The minimum Gasteiger partial charge on any atom is -0.400 e. The van der Waals surface area contributed by atoms with E-state index in [9.17, 15) is 0 Å². The van der Waals surface area contributed by atoms with Crippen LogP contribution in [0, 0.1) is 13.8 Å². The van der Waals surface area contributed by atoms with Crippen LogP contribution in [0.5, 0.6) is 0 Å². The molecule has 0 spiro atoms. The summed E-state index contributed by atoms with van der Waals surface area (Å²) >= 11 is 0. The molecule has 0 saturated carbocycles. The van der Waals surface area contributed by atoms with Crippen LogP contribution in [0.25, 0.3) is 0 Å². The molecule has 0 unspecified atom stereocenters. The van der Waals surface area contributed by atoms with E-state index in [1.807, 2.05) is 27.7 Å². The van der Waals surface area contributed by atoms with Crippen molar-refractivity contribution in [3.05, 3.63) is 35.4 Å². The number of rotatable bonds is 0. The molecule has 84 valence electrons. The summed E-state index contributed by atoms with van der Waals surface area (Å²) in [4.78, 5) is 0. The van der Waals surface area contributed by atoms with Crippen molar-refractivity contribution >= 4 is 0 Å². The van der Waals surface area contributed by atoms with Gasteiger partial charge in [0.2, 0.25) is 0 Å². The van der Waals surface area contributed by atoms with Crippen LogP contribution in [-0.2, 0) is 0 Å². The van der Waals surface area contributed by atoms with Crippen molar-refractivity contribution in [3.63, 3.8) is 0 Å². The van der Waals surface area contributed by atoms with Crippen molar-refractivity contribution in [2.75, 3.05) is 7.11 Å². The second kappa shape index (κ2) is 18.1. The van der Waals surface area contributed by atoms with E-state index in [2.05, 4.69) is 38.1 Å². The van der Waals surface area contributed by atoms with Crippen LogP contribution < -0.4 is 0 Å². The van der Waals surface area contributed by atoms with Gasteiger partial charge in [0.25, 0.3) is 0 Å². The molecule has 1 aromatic rings. The largest absolute Gasteiger partial charge is 0.400 e. The van der Waals surface area contributed by atoms with Crippen LogP contribution in [0.4, 0.5) is 0 Å². The molecule has 1 rings (SSSR count). The van der Waals surface area contributed by atoms with Crippen molar-refractivity contribution in [2.45, 2.75) is 41.5 Å². The number of hydrogen-bond donors (Lipinski definition) is 1. The first-order valence-corrected chi connectivity index (χ1v) is 5.27. The van der Waals surface area contributed by atoms with Gasteiger partial charge in [-0.05, 0) is 25.0 Å². The van der Waals surface area contributed by atoms with Crippen molar-refractivity contribution in [2.24, 2.45) is 0 Å². The average molecular weight is 198 g/mol. The monoisotopic (exact) mass is 198 g/mol. The Bertz CT molecular complexity index is 161. The van der Waals surface area contributed by atoms with Gasteiger partial charge in [-0.1, -0.05) is 52.0 Å². The average Bonchev–Trinajstić information content (AvgIpc) is 2.31. The molecule has 0 bridgehead atoms. The lowest BCUT2D eigenvalue weighted by atomic mass is 10.1. The van der Waals surface area contributed by atoms with Crippen LogP contribution in [-0.4, -0.2) is 12.2 Å². The first kappa shape index (κ1) is 18.9. The fourth-order valence-electron chi connectivity index (χ4n) is 0.663. The molecule has 0 aromatic heterocycles. The third-order valence-corrected chi connectivity index (χ3v) is 1.43. The van der Waals surface area contributed by atoms with E-state index >= 15 is 0 Å². The van der Waals surface area contributed by atoms with Gasteiger partial charge in [-0.3, -0.25) is 0 Å². The molecule has 14 heavy (non-hydrogen) atoms. The molecule has 0 aliphatic rings. The van der Waals surface area contributed by atoms with Crippen molar-refractivity contribution < 1.29 is 5.11 Å². The Morgan fingerprint density at radius 1 is 0.714 bits per heavy atom. The van der Waals surface area contributed by atoms with Gasteiger partial charge >= 0.3 is 0 Å². The molecule has 0 aliphatic heterocycles. The summed E-state index contributed by atoms with van der Waals surface area (Å²) in [5, 5.41) is 7.00. The quantitative estimate of drug-likeness (QED) is 0.669. The Morgan fingerprint density at radius 2 is 0.929 bits per heavy atom. The van der Waals surface area contributed by atoms with Gasteiger partial charge in [0.05, 0.1) is 0 Å². The van der Waals surface area contributed by atoms with Crippen molar-refractivity contribution in [3.8, 4) is 0 Å². The Morgan fingerprint density at radius 3 is 1.07 bits per heavy atom. The molecule has 0 saturated heterocycles. The van der Waals surface area contributed by atoms with Crippen LogP contribution in [0.3, 0.4) is 0 Å². The van der Waals surface area contributed by atoms with E-state index in [1.54, 1.807) is 0 Å². The van der Waals surface area contributed by atoms with Crippen LogP contribution in [0.15, 0.2) is 24.3 Å². The zero-order valence-corrected chi connectivity index (χ0v) is 10.8. The third-order valence-electron chi connectivity index (χ3n) is 1.43. The van der Waals surface area contributed by atoms with E-state index in [0.717, 1.165) is 7.11 Å². The molecular formula is C13H26O. The highest BCUT2D eigenvalue weighted by atomic mass is 16.2. The van der Waals surface area contributed by atoms with Gasteiger partial charge in [-0.25, -0.2) is 0 Å². The lowest BCUT2D eigenvalue weighted by molar-refractivity contribution is 0.399. The maximum absolute atomic E-state index is 7.00. The summed E-state index contributed by atoms with van der Waals surface area (Å²) < 4.78 is 0. The first-order chi connectivity index (χ1) is 6.80. The van der Waals surface area contributed by atoms with Crippen molar-refractivity contribution in [1.82, 2.24) is 0 Å². The number of aryl methyl sites for hydroxylation is 2. The second-order valence-corrected chi connectivity index (χ2v) is 2.08. The highest BCUT2D eigenvalue weighted by Gasteiger charge is 1.83. The van der Waals surface area contributed by atoms with Crippen LogP contribution in [0.1, 0.15) is 38.8 Å². The van der Waals surface area contributed by atoms with Gasteiger partial charge < -0.3 is 5.11 Å². The third kappa shape index (κ3) is 11.2. The number of benzene rings is 1. The fourth-order valence-corrected chi connectivity index (χ4v) is 0.663. The summed E-state index contributed by atoms with van der Waals surface area (Å²) in [6.07, 6.45) is 0. The molecule has 0 atom stereocenters. The summed E-state index contributed by atoms with van der Waals surface area (Å²) in [6.45, 7) is 12.2. The molecule has 1 aromatic carbocycles. The maximum atomic E-state index is 7.00. The molecular weight excluding hydrogens is 172 g/mol. The standard InChI is InChI=1S/C8H10.2C2H6.CH4O/c1-7-5-3-4-6-8(7)2;3*1-2/h3-6H,1-2H3;2*1-2H3;2H,1H3. The van der Waals surface area contributed by atoms with Crippen molar-refractivity contribution in [1.29, 1.82) is 0 Å². The summed E-state index contributed by atoms with van der Waals surface area (Å²) in [5.74, 6) is 0. The number of hydrogen-bond acceptors (Lipinski definition) is 1. The van der Waals surface area contributed by atoms with E-state index < -0.39 is 0 Å². The molecule has 1 heteroatoms. The van der Waals surface area contributed by atoms with E-state index in [1.165, 1.54) is 11.1 Å². The zero-order valence-electron chi connectivity index (χ0n) is 10.8. The summed E-state index contributed by atoms with van der Waals surface area (Å²) in [6, 6.07) is 8.36. The topological polar surface area (TPSA) is 20.2 Å². The Kier molecular flexibility index (Phi) is 24.3. The van der Waals surface area contributed by atoms with Crippen LogP contribution >= 0.6 is 0 Å². The van der Waals surface area contributed by atoms with Gasteiger partial charge in [0.15, 0.2) is 0 Å². The predicted octanol–water partition coefficient (Wildman–Crippen LogP) is 3.96. The smallest absolute Gasteiger partial charge is 0.0319 e. The van der Waals surface area contributed by atoms with Gasteiger partial charge in [0.1, 0.15) is 0 Å². The SMILES string of the molecule is CC.CC.CO.Cc1ccccc1C. The molecule has 0 heterocycles. The van der Waals surface area contributed by atoms with E-state index in [4.69, 9.17) is 5.11 Å². The lowest BCUT2D eigenvalue weighted by Crippen LogP contribution is -1.74. The Balaban J connectivity index is -0.000000174. The molecule has 0 radical (unpaired) electrons. The van der Waals surface area contributed by atoms with E-state index in [-0.39, 0.29) is 0 Å².